The number of rotatable bonds is 3. The highest BCUT2D eigenvalue weighted by Crippen LogP contribution is 2.35. The number of fused-ring (bicyclic) bond motifs is 1. The Morgan fingerprint density at radius 1 is 1.33 bits per heavy atom. The Kier molecular flexibility index (Phi) is 4.02. The second-order valence-corrected chi connectivity index (χ2v) is 6.02. The fraction of sp³-hybridized carbons (Fsp3) is 0.533. The first kappa shape index (κ1) is 14.6. The van der Waals surface area contributed by atoms with Gasteiger partial charge in [-0.1, -0.05) is 24.3 Å². The third-order valence-electron chi connectivity index (χ3n) is 4.82. The summed E-state index contributed by atoms with van der Waals surface area (Å²) in [6, 6.07) is 7.51. The van der Waals surface area contributed by atoms with Crippen molar-refractivity contribution in [1.29, 1.82) is 0 Å². The third-order valence-corrected chi connectivity index (χ3v) is 4.82. The summed E-state index contributed by atoms with van der Waals surface area (Å²) in [7, 11) is -1.49. The molecule has 3 atom stereocenters. The van der Waals surface area contributed by atoms with Gasteiger partial charge in [0.25, 0.3) is 0 Å². The fourth-order valence-corrected chi connectivity index (χ4v) is 3.70. The van der Waals surface area contributed by atoms with Crippen molar-refractivity contribution in [2.75, 3.05) is 6.54 Å². The summed E-state index contributed by atoms with van der Waals surface area (Å²) in [5, 5.41) is 18.8. The highest BCUT2D eigenvalue weighted by Gasteiger charge is 2.41. The zero-order valence-corrected chi connectivity index (χ0v) is 12.0. The highest BCUT2D eigenvalue weighted by atomic mass is 16.4. The van der Waals surface area contributed by atoms with Gasteiger partial charge >= 0.3 is 7.12 Å². The number of amides is 1. The van der Waals surface area contributed by atoms with Crippen molar-refractivity contribution in [1.82, 2.24) is 4.90 Å². The topological polar surface area (TPSA) is 86.8 Å². The Labute approximate surface area is 124 Å². The van der Waals surface area contributed by atoms with Crippen LogP contribution in [-0.4, -0.2) is 46.5 Å². The summed E-state index contributed by atoms with van der Waals surface area (Å²) in [5.41, 5.74) is 8.66. The van der Waals surface area contributed by atoms with Gasteiger partial charge in [0.1, 0.15) is 0 Å². The van der Waals surface area contributed by atoms with Crippen LogP contribution < -0.4 is 5.73 Å². The second kappa shape index (κ2) is 5.79. The van der Waals surface area contributed by atoms with Gasteiger partial charge in [-0.05, 0) is 36.8 Å². The first-order valence-electron chi connectivity index (χ1n) is 7.59. The predicted octanol–water partition coefficient (Wildman–Crippen LogP) is 0.0467. The molecule has 1 aromatic carbocycles. The number of benzene rings is 1. The molecule has 6 heteroatoms. The predicted molar refractivity (Wildman–Crippen MR) is 80.4 cm³/mol. The van der Waals surface area contributed by atoms with Crippen molar-refractivity contribution in [2.45, 2.75) is 43.6 Å². The quantitative estimate of drug-likeness (QED) is 0.686. The first-order valence-corrected chi connectivity index (χ1v) is 7.59. The van der Waals surface area contributed by atoms with Crippen LogP contribution in [-0.2, 0) is 11.2 Å². The summed E-state index contributed by atoms with van der Waals surface area (Å²) < 4.78 is 0. The van der Waals surface area contributed by atoms with Crippen molar-refractivity contribution >= 4 is 13.0 Å². The second-order valence-electron chi connectivity index (χ2n) is 6.02. The molecular formula is C15H21BN2O3. The molecule has 3 rings (SSSR count). The van der Waals surface area contributed by atoms with E-state index in [9.17, 15) is 14.8 Å². The number of nitrogens with zero attached hydrogens (tertiary/aromatic N) is 1. The highest BCUT2D eigenvalue weighted by molar-refractivity contribution is 6.43. The molecule has 1 heterocycles. The van der Waals surface area contributed by atoms with Crippen LogP contribution in [0.2, 0.25) is 0 Å². The molecule has 1 saturated heterocycles. The van der Waals surface area contributed by atoms with Crippen molar-refractivity contribution in [2.24, 2.45) is 5.73 Å². The van der Waals surface area contributed by atoms with E-state index < -0.39 is 19.1 Å². The van der Waals surface area contributed by atoms with Gasteiger partial charge < -0.3 is 20.7 Å². The van der Waals surface area contributed by atoms with E-state index in [0.717, 1.165) is 19.3 Å². The molecule has 1 aromatic rings. The largest absolute Gasteiger partial charge is 0.475 e. The van der Waals surface area contributed by atoms with Gasteiger partial charge in [0.05, 0.1) is 12.0 Å². The van der Waals surface area contributed by atoms with Crippen LogP contribution in [0, 0.1) is 0 Å². The van der Waals surface area contributed by atoms with E-state index >= 15 is 0 Å². The lowest BCUT2D eigenvalue weighted by Crippen LogP contribution is -2.52. The number of nitrogens with two attached hydrogens (primary N) is 1. The molecular weight excluding hydrogens is 267 g/mol. The Morgan fingerprint density at radius 2 is 2.10 bits per heavy atom. The standard InChI is InChI=1S/C15H21BN2O3/c17-14(12-8-7-10-4-1-2-5-11(10)12)15(19)18-9-3-6-13(18)16(20)21/h1-2,4-5,12-14,20-21H,3,6-9,17H2/t12?,13-,14-/m0/s1. The van der Waals surface area contributed by atoms with Crippen LogP contribution in [0.1, 0.15) is 36.3 Å². The number of hydrogen-bond acceptors (Lipinski definition) is 4. The Morgan fingerprint density at radius 3 is 2.86 bits per heavy atom. The number of carbonyl (C=O) groups excluding carboxylic acids is 1. The fourth-order valence-electron chi connectivity index (χ4n) is 3.70. The maximum absolute atomic E-state index is 12.6. The molecule has 21 heavy (non-hydrogen) atoms. The molecule has 1 aliphatic heterocycles. The lowest BCUT2D eigenvalue weighted by Gasteiger charge is -2.29. The first-order chi connectivity index (χ1) is 10.1. The summed E-state index contributed by atoms with van der Waals surface area (Å²) in [6.07, 6.45) is 3.25. The van der Waals surface area contributed by atoms with Crippen LogP contribution in [0.4, 0.5) is 0 Å². The molecule has 0 saturated carbocycles. The molecule has 112 valence electrons. The average molecular weight is 288 g/mol. The van der Waals surface area contributed by atoms with Crippen LogP contribution in [0.15, 0.2) is 24.3 Å². The lowest BCUT2D eigenvalue weighted by atomic mass is 9.77. The summed E-state index contributed by atoms with van der Waals surface area (Å²) in [6.45, 7) is 0.559. The van der Waals surface area contributed by atoms with Gasteiger partial charge in [0, 0.05) is 12.5 Å². The van der Waals surface area contributed by atoms with Crippen LogP contribution in [0.25, 0.3) is 0 Å². The molecule has 0 bridgehead atoms. The zero-order chi connectivity index (χ0) is 15.0. The lowest BCUT2D eigenvalue weighted by molar-refractivity contribution is -0.133. The molecule has 4 N–H and O–H groups in total. The maximum Gasteiger partial charge on any atom is 0.475 e. The van der Waals surface area contributed by atoms with Crippen LogP contribution in [0.5, 0.6) is 0 Å². The molecule has 2 aliphatic rings. The summed E-state index contributed by atoms with van der Waals surface area (Å²) in [5.74, 6) is -0.640. The van der Waals surface area contributed by atoms with E-state index in [1.807, 2.05) is 18.2 Å². The minimum absolute atomic E-state index is 0.0331. The van der Waals surface area contributed by atoms with Gasteiger partial charge in [-0.25, -0.2) is 0 Å². The zero-order valence-electron chi connectivity index (χ0n) is 12.0. The Bertz CT molecular complexity index is 537. The Balaban J connectivity index is 1.77. The summed E-state index contributed by atoms with van der Waals surface area (Å²) >= 11 is 0. The van der Waals surface area contributed by atoms with E-state index in [4.69, 9.17) is 5.73 Å². The van der Waals surface area contributed by atoms with Gasteiger partial charge in [-0.3, -0.25) is 4.79 Å². The molecule has 0 spiro atoms. The number of hydrogen-bond donors (Lipinski definition) is 3. The molecule has 1 fully saturated rings. The van der Waals surface area contributed by atoms with Crippen molar-refractivity contribution in [3.8, 4) is 0 Å². The molecule has 0 radical (unpaired) electrons. The Hall–Kier alpha value is -1.37. The minimum atomic E-state index is -1.49. The van der Waals surface area contributed by atoms with Gasteiger partial charge in [0.15, 0.2) is 0 Å². The maximum atomic E-state index is 12.6. The minimum Gasteiger partial charge on any atom is -0.426 e. The van der Waals surface area contributed by atoms with Crippen molar-refractivity contribution < 1.29 is 14.8 Å². The van der Waals surface area contributed by atoms with E-state index in [2.05, 4.69) is 6.07 Å². The summed E-state index contributed by atoms with van der Waals surface area (Å²) in [4.78, 5) is 14.2. The van der Waals surface area contributed by atoms with Crippen molar-refractivity contribution in [3.05, 3.63) is 35.4 Å². The SMILES string of the molecule is N[C@H](C(=O)N1CCC[C@H]1B(O)O)C1CCc2ccccc21. The van der Waals surface area contributed by atoms with Crippen LogP contribution >= 0.6 is 0 Å². The van der Waals surface area contributed by atoms with E-state index in [-0.39, 0.29) is 11.8 Å². The van der Waals surface area contributed by atoms with E-state index in [0.29, 0.717) is 13.0 Å². The van der Waals surface area contributed by atoms with Crippen LogP contribution in [0.3, 0.4) is 0 Å². The molecule has 1 amide bonds. The number of aryl methyl sites for hydroxylation is 1. The molecule has 1 unspecified atom stereocenters. The molecule has 1 aliphatic carbocycles. The van der Waals surface area contributed by atoms with Gasteiger partial charge in [0.2, 0.25) is 5.91 Å². The third kappa shape index (κ3) is 2.59. The number of carbonyl (C=O) groups is 1. The smallest absolute Gasteiger partial charge is 0.426 e. The normalized spacial score (nSPS) is 25.8. The van der Waals surface area contributed by atoms with E-state index in [1.54, 1.807) is 4.90 Å². The van der Waals surface area contributed by atoms with Gasteiger partial charge in [-0.15, -0.1) is 0 Å². The van der Waals surface area contributed by atoms with Crippen molar-refractivity contribution in [3.63, 3.8) is 0 Å². The van der Waals surface area contributed by atoms with E-state index in [1.165, 1.54) is 11.1 Å². The monoisotopic (exact) mass is 288 g/mol. The molecule has 0 aromatic heterocycles. The van der Waals surface area contributed by atoms with Gasteiger partial charge in [-0.2, -0.15) is 0 Å². The molecule has 5 nitrogen and oxygen atoms in total. The number of likely N-dealkylation sites (tertiary alicyclic amines) is 1. The average Bonchev–Trinajstić information content (AvgIpc) is 3.12.